The number of carbonyl (C=O) groups excluding carboxylic acids is 1. The number of thiophene rings is 1. The van der Waals surface area contributed by atoms with E-state index in [4.69, 9.17) is 5.11 Å². The third kappa shape index (κ3) is 3.18. The van der Waals surface area contributed by atoms with E-state index >= 15 is 0 Å². The topological polar surface area (TPSA) is 97.1 Å². The highest BCUT2D eigenvalue weighted by Crippen LogP contribution is 2.30. The van der Waals surface area contributed by atoms with Crippen LogP contribution in [0.5, 0.6) is 0 Å². The van der Waals surface area contributed by atoms with Gasteiger partial charge in [0.1, 0.15) is 10.5 Å². The molecule has 1 amide bonds. The number of fused-ring (bicyclic) bond motifs is 1. The van der Waals surface area contributed by atoms with Crippen LogP contribution in [0.4, 0.5) is 5.69 Å². The van der Waals surface area contributed by atoms with Crippen LogP contribution in [0.25, 0.3) is 15.9 Å². The predicted molar refractivity (Wildman–Crippen MR) is 103 cm³/mol. The first kappa shape index (κ1) is 16.9. The number of nitrogens with zero attached hydrogens (tertiary/aromatic N) is 3. The van der Waals surface area contributed by atoms with Crippen LogP contribution in [0.3, 0.4) is 0 Å². The van der Waals surface area contributed by atoms with Gasteiger partial charge in [-0.1, -0.05) is 18.2 Å². The normalized spacial score (nSPS) is 10.9. The summed E-state index contributed by atoms with van der Waals surface area (Å²) in [4.78, 5) is 28.7. The Kier molecular flexibility index (Phi) is 4.17. The summed E-state index contributed by atoms with van der Waals surface area (Å²) >= 11 is 1.35. The number of hydrogen-bond acceptors (Lipinski definition) is 5. The number of carboxylic acids is 1. The molecule has 0 aliphatic rings. The second-order valence-electron chi connectivity index (χ2n) is 5.85. The fraction of sp³-hybridized carbons (Fsp3) is 0.0526. The maximum absolute atomic E-state index is 12.6. The van der Waals surface area contributed by atoms with E-state index in [2.05, 4.69) is 15.4 Å². The zero-order valence-electron chi connectivity index (χ0n) is 14.2. The number of pyridine rings is 1. The molecule has 0 radical (unpaired) electrons. The third-order valence-electron chi connectivity index (χ3n) is 4.01. The molecule has 27 heavy (non-hydrogen) atoms. The van der Waals surface area contributed by atoms with Crippen LogP contribution in [-0.4, -0.2) is 31.7 Å². The second-order valence-corrected chi connectivity index (χ2v) is 6.88. The molecule has 3 aromatic heterocycles. The van der Waals surface area contributed by atoms with Gasteiger partial charge < -0.3 is 10.4 Å². The Morgan fingerprint density at radius 1 is 1.15 bits per heavy atom. The van der Waals surface area contributed by atoms with Gasteiger partial charge in [-0.3, -0.25) is 4.79 Å². The number of anilines is 1. The summed E-state index contributed by atoms with van der Waals surface area (Å²) in [5, 5.41) is 17.1. The zero-order valence-corrected chi connectivity index (χ0v) is 15.0. The number of aromatic nitrogens is 3. The van der Waals surface area contributed by atoms with Crippen molar-refractivity contribution >= 4 is 39.1 Å². The minimum absolute atomic E-state index is 0.0755. The molecule has 4 aromatic rings. The van der Waals surface area contributed by atoms with Gasteiger partial charge in [-0.05, 0) is 37.3 Å². The lowest BCUT2D eigenvalue weighted by molar-refractivity contribution is 0.0690. The summed E-state index contributed by atoms with van der Waals surface area (Å²) in [5.74, 6) is -1.39. The van der Waals surface area contributed by atoms with E-state index in [9.17, 15) is 9.59 Å². The number of carboxylic acid groups (broad SMARTS) is 1. The van der Waals surface area contributed by atoms with Crippen LogP contribution >= 0.6 is 11.3 Å². The Bertz CT molecular complexity index is 1150. The first-order chi connectivity index (χ1) is 13.0. The van der Waals surface area contributed by atoms with E-state index in [0.717, 1.165) is 21.6 Å². The van der Waals surface area contributed by atoms with E-state index in [1.807, 2.05) is 48.0 Å². The van der Waals surface area contributed by atoms with Crippen molar-refractivity contribution in [2.45, 2.75) is 6.92 Å². The summed E-state index contributed by atoms with van der Waals surface area (Å²) in [6.45, 7) is 1.91. The van der Waals surface area contributed by atoms with Gasteiger partial charge in [0.25, 0.3) is 5.91 Å². The van der Waals surface area contributed by atoms with Gasteiger partial charge in [-0.15, -0.1) is 11.3 Å². The largest absolute Gasteiger partial charge is 0.477 e. The van der Waals surface area contributed by atoms with Crippen molar-refractivity contribution in [1.82, 2.24) is 14.8 Å². The van der Waals surface area contributed by atoms with Crippen molar-refractivity contribution in [2.24, 2.45) is 0 Å². The van der Waals surface area contributed by atoms with Crippen molar-refractivity contribution in [3.63, 3.8) is 0 Å². The van der Waals surface area contributed by atoms with Crippen molar-refractivity contribution in [3.8, 4) is 5.69 Å². The highest BCUT2D eigenvalue weighted by molar-refractivity contribution is 7.20. The molecule has 0 saturated carbocycles. The predicted octanol–water partition coefficient (Wildman–Crippen LogP) is 3.74. The van der Waals surface area contributed by atoms with Crippen LogP contribution in [0.2, 0.25) is 0 Å². The first-order valence-electron chi connectivity index (χ1n) is 8.08. The molecule has 4 rings (SSSR count). The summed E-state index contributed by atoms with van der Waals surface area (Å²) in [7, 11) is 0. The minimum Gasteiger partial charge on any atom is -0.477 e. The molecule has 0 spiro atoms. The summed E-state index contributed by atoms with van der Waals surface area (Å²) < 4.78 is 1.83. The lowest BCUT2D eigenvalue weighted by Crippen LogP contribution is -2.11. The van der Waals surface area contributed by atoms with Crippen molar-refractivity contribution < 1.29 is 14.7 Å². The molecular weight excluding hydrogens is 364 g/mol. The molecule has 134 valence electrons. The zero-order chi connectivity index (χ0) is 19.0. The molecule has 0 aliphatic carbocycles. The minimum atomic E-state index is -1.11. The SMILES string of the molecule is Cc1nn(-c2ccccc2)c2sc(C(=O)Nc3ccc(C(=O)O)nc3)cc12. The Labute approximate surface area is 157 Å². The Morgan fingerprint density at radius 3 is 2.59 bits per heavy atom. The van der Waals surface area contributed by atoms with Gasteiger partial charge in [-0.25, -0.2) is 14.5 Å². The first-order valence-corrected chi connectivity index (χ1v) is 8.90. The van der Waals surface area contributed by atoms with E-state index in [-0.39, 0.29) is 11.6 Å². The van der Waals surface area contributed by atoms with Crippen LogP contribution in [-0.2, 0) is 0 Å². The van der Waals surface area contributed by atoms with Crippen LogP contribution in [0.1, 0.15) is 25.9 Å². The molecular formula is C19H14N4O3S. The molecule has 0 unspecified atom stereocenters. The Balaban J connectivity index is 1.64. The van der Waals surface area contributed by atoms with E-state index in [1.54, 1.807) is 0 Å². The number of para-hydroxylation sites is 1. The van der Waals surface area contributed by atoms with Crippen molar-refractivity contribution in [3.05, 3.63) is 71.0 Å². The van der Waals surface area contributed by atoms with Gasteiger partial charge in [0.15, 0.2) is 0 Å². The van der Waals surface area contributed by atoms with Gasteiger partial charge in [0.2, 0.25) is 0 Å². The number of rotatable bonds is 4. The van der Waals surface area contributed by atoms with Crippen molar-refractivity contribution in [2.75, 3.05) is 5.32 Å². The number of benzene rings is 1. The standard InChI is InChI=1S/C19H14N4O3S/c1-11-14-9-16(17(24)21-12-7-8-15(19(25)26)20-10-12)27-18(14)23(22-11)13-5-3-2-4-6-13/h2-10H,1H3,(H,21,24)(H,25,26). The maximum Gasteiger partial charge on any atom is 0.354 e. The highest BCUT2D eigenvalue weighted by atomic mass is 32.1. The average molecular weight is 378 g/mol. The number of carbonyl (C=O) groups is 2. The number of hydrogen-bond donors (Lipinski definition) is 2. The molecule has 0 saturated heterocycles. The van der Waals surface area contributed by atoms with Crippen LogP contribution < -0.4 is 5.32 Å². The fourth-order valence-corrected chi connectivity index (χ4v) is 3.77. The lowest BCUT2D eigenvalue weighted by atomic mass is 10.3. The monoisotopic (exact) mass is 378 g/mol. The average Bonchev–Trinajstić information content (AvgIpc) is 3.24. The molecule has 2 N–H and O–H groups in total. The fourth-order valence-electron chi connectivity index (χ4n) is 2.69. The molecule has 1 aromatic carbocycles. The summed E-state index contributed by atoms with van der Waals surface area (Å²) in [6.07, 6.45) is 1.33. The smallest absolute Gasteiger partial charge is 0.354 e. The van der Waals surface area contributed by atoms with Gasteiger partial charge >= 0.3 is 5.97 Å². The molecule has 3 heterocycles. The van der Waals surface area contributed by atoms with Crippen LogP contribution in [0, 0.1) is 6.92 Å². The van der Waals surface area contributed by atoms with Crippen molar-refractivity contribution in [1.29, 1.82) is 0 Å². The van der Waals surface area contributed by atoms with Gasteiger partial charge in [-0.2, -0.15) is 5.10 Å². The highest BCUT2D eigenvalue weighted by Gasteiger charge is 2.17. The molecule has 0 fully saturated rings. The quantitative estimate of drug-likeness (QED) is 0.564. The van der Waals surface area contributed by atoms with Gasteiger partial charge in [0.05, 0.1) is 28.1 Å². The number of aryl methyl sites for hydroxylation is 1. The van der Waals surface area contributed by atoms with Crippen LogP contribution in [0.15, 0.2) is 54.7 Å². The van der Waals surface area contributed by atoms with E-state index in [0.29, 0.717) is 10.6 Å². The molecule has 0 atom stereocenters. The molecule has 0 bridgehead atoms. The van der Waals surface area contributed by atoms with E-state index in [1.165, 1.54) is 29.7 Å². The van der Waals surface area contributed by atoms with Gasteiger partial charge in [0, 0.05) is 5.39 Å². The van der Waals surface area contributed by atoms with E-state index < -0.39 is 5.97 Å². The number of nitrogens with one attached hydrogen (secondary N) is 1. The molecule has 8 heteroatoms. The summed E-state index contributed by atoms with van der Waals surface area (Å²) in [6, 6.07) is 14.4. The third-order valence-corrected chi connectivity index (χ3v) is 5.12. The molecule has 0 aliphatic heterocycles. The number of amides is 1. The lowest BCUT2D eigenvalue weighted by Gasteiger charge is -2.03. The Morgan fingerprint density at radius 2 is 1.93 bits per heavy atom. The Hall–Kier alpha value is -3.52. The summed E-state index contributed by atoms with van der Waals surface area (Å²) in [5.41, 5.74) is 2.13. The molecule has 7 nitrogen and oxygen atoms in total. The second kappa shape index (κ2) is 6.65. The number of aromatic carboxylic acids is 1. The maximum atomic E-state index is 12.6.